The normalized spacial score (nSPS) is 10.3. The Morgan fingerprint density at radius 2 is 1.91 bits per heavy atom. The van der Waals surface area contributed by atoms with Crippen LogP contribution in [0.15, 0.2) is 24.3 Å². The van der Waals surface area contributed by atoms with Crippen LogP contribution in [0, 0.1) is 10.1 Å². The predicted octanol–water partition coefficient (Wildman–Crippen LogP) is 3.07. The third kappa shape index (κ3) is 3.59. The molecular formula is C13H14ClN5O3. The van der Waals surface area contributed by atoms with E-state index in [1.807, 2.05) is 18.7 Å². The first kappa shape index (κ1) is 15.9. The number of hydrogen-bond acceptors (Lipinski definition) is 7. The quantitative estimate of drug-likeness (QED) is 0.595. The fourth-order valence-electron chi connectivity index (χ4n) is 1.81. The third-order valence-electron chi connectivity index (χ3n) is 2.89. The molecule has 0 saturated carbocycles. The second-order valence-corrected chi connectivity index (χ2v) is 4.52. The van der Waals surface area contributed by atoms with Gasteiger partial charge in [-0.3, -0.25) is 10.1 Å². The maximum atomic E-state index is 11.0. The monoisotopic (exact) mass is 323 g/mol. The molecule has 0 atom stereocenters. The number of para-hydroxylation sites is 2. The van der Waals surface area contributed by atoms with Crippen molar-refractivity contribution >= 4 is 23.2 Å². The number of ether oxygens (including phenoxy) is 1. The molecule has 22 heavy (non-hydrogen) atoms. The second kappa shape index (κ2) is 6.99. The number of nitro benzene ring substituents is 1. The Labute approximate surface area is 131 Å². The highest BCUT2D eigenvalue weighted by molar-refractivity contribution is 6.28. The van der Waals surface area contributed by atoms with Crippen molar-refractivity contribution in [3.63, 3.8) is 0 Å². The highest BCUT2D eigenvalue weighted by Gasteiger charge is 2.17. The van der Waals surface area contributed by atoms with Crippen molar-refractivity contribution in [2.24, 2.45) is 0 Å². The van der Waals surface area contributed by atoms with Crippen molar-refractivity contribution in [3.05, 3.63) is 39.7 Å². The van der Waals surface area contributed by atoms with Crippen molar-refractivity contribution in [2.45, 2.75) is 13.8 Å². The van der Waals surface area contributed by atoms with E-state index in [2.05, 4.69) is 15.0 Å². The molecule has 0 aliphatic heterocycles. The molecule has 1 heterocycles. The van der Waals surface area contributed by atoms with Gasteiger partial charge in [-0.15, -0.1) is 0 Å². The van der Waals surface area contributed by atoms with Crippen LogP contribution in [0.2, 0.25) is 5.28 Å². The van der Waals surface area contributed by atoms with Crippen molar-refractivity contribution in [2.75, 3.05) is 18.0 Å². The number of benzene rings is 1. The van der Waals surface area contributed by atoms with Crippen LogP contribution in [0.1, 0.15) is 13.8 Å². The smallest absolute Gasteiger partial charge is 0.328 e. The minimum Gasteiger partial charge on any atom is -0.417 e. The fraction of sp³-hybridized carbons (Fsp3) is 0.308. The molecule has 116 valence electrons. The number of aromatic nitrogens is 3. The Hall–Kier alpha value is -2.48. The SMILES string of the molecule is CCN(CC)c1nc(Cl)nc(Oc2ccccc2[N+](=O)[O-])n1. The summed E-state index contributed by atoms with van der Waals surface area (Å²) in [4.78, 5) is 24.3. The van der Waals surface area contributed by atoms with E-state index in [1.165, 1.54) is 12.1 Å². The molecule has 2 aromatic rings. The maximum absolute atomic E-state index is 11.0. The molecule has 0 saturated heterocycles. The van der Waals surface area contributed by atoms with Gasteiger partial charge in [-0.25, -0.2) is 0 Å². The highest BCUT2D eigenvalue weighted by atomic mass is 35.5. The lowest BCUT2D eigenvalue weighted by molar-refractivity contribution is -0.385. The van der Waals surface area contributed by atoms with Gasteiger partial charge in [0, 0.05) is 19.2 Å². The molecule has 0 fully saturated rings. The molecule has 0 bridgehead atoms. The molecule has 1 aromatic heterocycles. The van der Waals surface area contributed by atoms with Crippen molar-refractivity contribution in [3.8, 4) is 11.8 Å². The molecule has 0 amide bonds. The minimum absolute atomic E-state index is 0.0366. The summed E-state index contributed by atoms with van der Waals surface area (Å²) < 4.78 is 5.42. The first-order chi connectivity index (χ1) is 10.5. The van der Waals surface area contributed by atoms with Crippen LogP contribution in [-0.2, 0) is 0 Å². The standard InChI is InChI=1S/C13H14ClN5O3/c1-3-18(4-2)12-15-11(14)16-13(17-12)22-10-8-6-5-7-9(10)19(20)21/h5-8H,3-4H2,1-2H3. The Bertz CT molecular complexity index is 678. The first-order valence-electron chi connectivity index (χ1n) is 6.63. The summed E-state index contributed by atoms with van der Waals surface area (Å²) in [5.41, 5.74) is -0.177. The van der Waals surface area contributed by atoms with Crippen LogP contribution < -0.4 is 9.64 Å². The summed E-state index contributed by atoms with van der Waals surface area (Å²) in [6.07, 6.45) is 0. The summed E-state index contributed by atoms with van der Waals surface area (Å²) in [5.74, 6) is 0.402. The van der Waals surface area contributed by atoms with Crippen molar-refractivity contribution in [1.29, 1.82) is 0 Å². The van der Waals surface area contributed by atoms with Crippen LogP contribution in [-0.4, -0.2) is 33.0 Å². The molecule has 8 nitrogen and oxygen atoms in total. The lowest BCUT2D eigenvalue weighted by Gasteiger charge is -2.18. The van der Waals surface area contributed by atoms with Crippen molar-refractivity contribution in [1.82, 2.24) is 15.0 Å². The van der Waals surface area contributed by atoms with Crippen LogP contribution in [0.3, 0.4) is 0 Å². The number of anilines is 1. The zero-order valence-electron chi connectivity index (χ0n) is 12.1. The number of rotatable bonds is 6. The number of nitro groups is 1. The number of hydrogen-bond donors (Lipinski definition) is 0. The van der Waals surface area contributed by atoms with Gasteiger partial charge < -0.3 is 9.64 Å². The van der Waals surface area contributed by atoms with E-state index in [1.54, 1.807) is 12.1 Å². The summed E-state index contributed by atoms with van der Waals surface area (Å²) in [6.45, 7) is 5.26. The van der Waals surface area contributed by atoms with E-state index < -0.39 is 4.92 Å². The molecule has 2 rings (SSSR count). The molecule has 0 aliphatic rings. The van der Waals surface area contributed by atoms with E-state index >= 15 is 0 Å². The van der Waals surface area contributed by atoms with Crippen LogP contribution in [0.5, 0.6) is 11.8 Å². The van der Waals surface area contributed by atoms with E-state index in [4.69, 9.17) is 16.3 Å². The van der Waals surface area contributed by atoms with Gasteiger partial charge in [-0.05, 0) is 31.5 Å². The summed E-state index contributed by atoms with van der Waals surface area (Å²) in [6, 6.07) is 5.88. The molecule has 0 aliphatic carbocycles. The lowest BCUT2D eigenvalue weighted by Crippen LogP contribution is -2.24. The van der Waals surface area contributed by atoms with E-state index in [0.717, 1.165) is 0 Å². The molecule has 0 spiro atoms. The van der Waals surface area contributed by atoms with Crippen LogP contribution >= 0.6 is 11.6 Å². The highest BCUT2D eigenvalue weighted by Crippen LogP contribution is 2.30. The topological polar surface area (TPSA) is 94.3 Å². The third-order valence-corrected chi connectivity index (χ3v) is 3.05. The molecule has 0 unspecified atom stereocenters. The van der Waals surface area contributed by atoms with Gasteiger partial charge in [0.25, 0.3) is 0 Å². The molecular weight excluding hydrogens is 310 g/mol. The largest absolute Gasteiger partial charge is 0.417 e. The Kier molecular flexibility index (Phi) is 5.05. The van der Waals surface area contributed by atoms with Gasteiger partial charge in [-0.2, -0.15) is 15.0 Å². The molecule has 1 aromatic carbocycles. The van der Waals surface area contributed by atoms with E-state index in [9.17, 15) is 10.1 Å². The van der Waals surface area contributed by atoms with E-state index in [-0.39, 0.29) is 22.7 Å². The number of halogens is 1. The Balaban J connectivity index is 2.36. The van der Waals surface area contributed by atoms with Gasteiger partial charge >= 0.3 is 11.7 Å². The van der Waals surface area contributed by atoms with Gasteiger partial charge in [0.1, 0.15) is 0 Å². The average Bonchev–Trinajstić information content (AvgIpc) is 2.48. The molecule has 0 radical (unpaired) electrons. The summed E-state index contributed by atoms with van der Waals surface area (Å²) in [5, 5.41) is 10.9. The second-order valence-electron chi connectivity index (χ2n) is 4.19. The van der Waals surface area contributed by atoms with Gasteiger partial charge in [0.2, 0.25) is 17.0 Å². The predicted molar refractivity (Wildman–Crippen MR) is 81.6 cm³/mol. The molecule has 0 N–H and O–H groups in total. The maximum Gasteiger partial charge on any atom is 0.328 e. The average molecular weight is 324 g/mol. The van der Waals surface area contributed by atoms with Crippen LogP contribution in [0.4, 0.5) is 11.6 Å². The molecule has 9 heteroatoms. The van der Waals surface area contributed by atoms with Crippen LogP contribution in [0.25, 0.3) is 0 Å². The van der Waals surface area contributed by atoms with Gasteiger partial charge in [0.15, 0.2) is 0 Å². The first-order valence-corrected chi connectivity index (χ1v) is 7.00. The van der Waals surface area contributed by atoms with Crippen molar-refractivity contribution < 1.29 is 9.66 Å². The Morgan fingerprint density at radius 3 is 2.55 bits per heavy atom. The lowest BCUT2D eigenvalue weighted by atomic mass is 10.3. The minimum atomic E-state index is -0.538. The Morgan fingerprint density at radius 1 is 1.23 bits per heavy atom. The number of nitrogens with zero attached hydrogens (tertiary/aromatic N) is 5. The summed E-state index contributed by atoms with van der Waals surface area (Å²) in [7, 11) is 0. The van der Waals surface area contributed by atoms with Gasteiger partial charge in [-0.1, -0.05) is 12.1 Å². The zero-order valence-corrected chi connectivity index (χ0v) is 12.8. The zero-order chi connectivity index (χ0) is 16.1. The van der Waals surface area contributed by atoms with Gasteiger partial charge in [0.05, 0.1) is 4.92 Å². The summed E-state index contributed by atoms with van der Waals surface area (Å²) >= 11 is 5.87. The van der Waals surface area contributed by atoms with E-state index in [0.29, 0.717) is 19.0 Å². The fourth-order valence-corrected chi connectivity index (χ4v) is 1.96.